The van der Waals surface area contributed by atoms with E-state index >= 15 is 0 Å². The first-order chi connectivity index (χ1) is 16.8. The maximum atomic E-state index is 11.7. The van der Waals surface area contributed by atoms with Gasteiger partial charge in [0.15, 0.2) is 0 Å². The lowest BCUT2D eigenvalue weighted by molar-refractivity contribution is 0.0706. The zero-order chi connectivity index (χ0) is 24.9. The van der Waals surface area contributed by atoms with Crippen molar-refractivity contribution in [1.29, 1.82) is 0 Å². The van der Waals surface area contributed by atoms with Crippen LogP contribution in [0.1, 0.15) is 43.6 Å². The number of nitrogens with one attached hydrogen (secondary N) is 2. The Labute approximate surface area is 207 Å². The monoisotopic (exact) mass is 470 g/mol. The lowest BCUT2D eigenvalue weighted by atomic mass is 10.0. The third kappa shape index (κ3) is 6.15. The summed E-state index contributed by atoms with van der Waals surface area (Å²) in [6.07, 6.45) is 0. The molecule has 0 bridgehead atoms. The Morgan fingerprint density at radius 2 is 1.46 bits per heavy atom. The van der Waals surface area contributed by atoms with Crippen LogP contribution < -0.4 is 5.48 Å². The van der Waals surface area contributed by atoms with Gasteiger partial charge in [-0.2, -0.15) is 0 Å². The number of aromatic amines is 1. The van der Waals surface area contributed by atoms with Crippen molar-refractivity contribution in [2.45, 2.75) is 34.2 Å². The molecule has 4 rings (SSSR count). The molecule has 3 aromatic carbocycles. The molecule has 1 amide bonds. The molecule has 1 aromatic heterocycles. The molecule has 0 aliphatic rings. The fourth-order valence-corrected chi connectivity index (χ4v) is 4.47. The zero-order valence-corrected chi connectivity index (χ0v) is 20.9. The topological polar surface area (TPSA) is 81.2 Å². The van der Waals surface area contributed by atoms with E-state index in [4.69, 9.17) is 5.21 Å². The van der Waals surface area contributed by atoms with E-state index in [0.717, 1.165) is 47.6 Å². The predicted octanol–water partition coefficient (Wildman–Crippen LogP) is 6.13. The van der Waals surface area contributed by atoms with Crippen molar-refractivity contribution in [3.8, 4) is 22.5 Å². The SMILES string of the molecule is CC(C)CN(Cc1ccc(-c2ccc(-c3nc4ccc(C(=O)NO)cc4[nH]3)cc2)cc1)CC(C)C. The molecule has 0 fully saturated rings. The first-order valence-corrected chi connectivity index (χ1v) is 12.2. The minimum Gasteiger partial charge on any atom is -0.338 e. The van der Waals surface area contributed by atoms with Crippen LogP contribution in [0.3, 0.4) is 0 Å². The maximum Gasteiger partial charge on any atom is 0.274 e. The second-order valence-corrected chi connectivity index (χ2v) is 10.0. The van der Waals surface area contributed by atoms with E-state index < -0.39 is 5.91 Å². The Balaban J connectivity index is 1.48. The molecule has 6 nitrogen and oxygen atoms in total. The van der Waals surface area contributed by atoms with Crippen LogP contribution in [-0.4, -0.2) is 39.1 Å². The number of H-pyrrole nitrogens is 1. The molecule has 0 saturated carbocycles. The lowest BCUT2D eigenvalue weighted by Gasteiger charge is -2.26. The van der Waals surface area contributed by atoms with Gasteiger partial charge in [0.05, 0.1) is 11.0 Å². The van der Waals surface area contributed by atoms with Crippen LogP contribution in [0.2, 0.25) is 0 Å². The highest BCUT2D eigenvalue weighted by atomic mass is 16.5. The summed E-state index contributed by atoms with van der Waals surface area (Å²) in [6.45, 7) is 12.3. The van der Waals surface area contributed by atoms with Gasteiger partial charge in [-0.1, -0.05) is 76.2 Å². The highest BCUT2D eigenvalue weighted by molar-refractivity contribution is 5.97. The number of rotatable bonds is 9. The van der Waals surface area contributed by atoms with Crippen LogP contribution in [0.5, 0.6) is 0 Å². The van der Waals surface area contributed by atoms with Crippen molar-refractivity contribution in [3.63, 3.8) is 0 Å². The molecule has 0 radical (unpaired) electrons. The van der Waals surface area contributed by atoms with Crippen LogP contribution in [0.25, 0.3) is 33.5 Å². The van der Waals surface area contributed by atoms with E-state index in [2.05, 4.69) is 91.1 Å². The van der Waals surface area contributed by atoms with Gasteiger partial charge >= 0.3 is 0 Å². The van der Waals surface area contributed by atoms with Crippen LogP contribution in [-0.2, 0) is 6.54 Å². The molecule has 0 aliphatic carbocycles. The van der Waals surface area contributed by atoms with Gasteiger partial charge in [0.2, 0.25) is 0 Å². The molecule has 4 aromatic rings. The number of hydrogen-bond donors (Lipinski definition) is 3. The van der Waals surface area contributed by atoms with E-state index in [-0.39, 0.29) is 0 Å². The van der Waals surface area contributed by atoms with Gasteiger partial charge in [0.1, 0.15) is 5.82 Å². The van der Waals surface area contributed by atoms with Gasteiger partial charge in [-0.05, 0) is 46.7 Å². The van der Waals surface area contributed by atoms with Crippen molar-refractivity contribution in [1.82, 2.24) is 20.3 Å². The fourth-order valence-electron chi connectivity index (χ4n) is 4.47. The minimum atomic E-state index is -0.550. The first-order valence-electron chi connectivity index (χ1n) is 12.2. The molecule has 3 N–H and O–H groups in total. The van der Waals surface area contributed by atoms with Crippen LogP contribution >= 0.6 is 0 Å². The number of hydroxylamine groups is 1. The van der Waals surface area contributed by atoms with Crippen LogP contribution in [0.15, 0.2) is 66.7 Å². The molecule has 0 aliphatic heterocycles. The van der Waals surface area contributed by atoms with Gasteiger partial charge in [-0.25, -0.2) is 10.5 Å². The smallest absolute Gasteiger partial charge is 0.274 e. The summed E-state index contributed by atoms with van der Waals surface area (Å²) in [4.78, 5) is 22.1. The highest BCUT2D eigenvalue weighted by Gasteiger charge is 2.12. The standard InChI is InChI=1S/C29H34N4O2/c1-19(2)16-33(17-20(3)4)18-21-5-7-22(8-6-21)23-9-11-24(12-10-23)28-30-26-14-13-25(29(34)32-35)15-27(26)31-28/h5-15,19-20,35H,16-18H2,1-4H3,(H,30,31)(H,32,34). The van der Waals surface area contributed by atoms with E-state index in [0.29, 0.717) is 17.4 Å². The number of aromatic nitrogens is 2. The fraction of sp³-hybridized carbons (Fsp3) is 0.310. The van der Waals surface area contributed by atoms with E-state index in [1.165, 1.54) is 11.1 Å². The van der Waals surface area contributed by atoms with Crippen molar-refractivity contribution in [2.75, 3.05) is 13.1 Å². The number of carbonyl (C=O) groups is 1. The van der Waals surface area contributed by atoms with Crippen molar-refractivity contribution < 1.29 is 10.0 Å². The average molecular weight is 471 g/mol. The number of imidazole rings is 1. The quantitative estimate of drug-likeness (QED) is 0.203. The predicted molar refractivity (Wildman–Crippen MR) is 141 cm³/mol. The highest BCUT2D eigenvalue weighted by Crippen LogP contribution is 2.26. The molecule has 0 atom stereocenters. The Hall–Kier alpha value is -3.48. The van der Waals surface area contributed by atoms with E-state index in [1.807, 2.05) is 0 Å². The average Bonchev–Trinajstić information content (AvgIpc) is 3.27. The van der Waals surface area contributed by atoms with Crippen LogP contribution in [0, 0.1) is 11.8 Å². The Kier molecular flexibility index (Phi) is 7.63. The second-order valence-electron chi connectivity index (χ2n) is 10.0. The normalized spacial score (nSPS) is 11.7. The summed E-state index contributed by atoms with van der Waals surface area (Å²) < 4.78 is 0. The number of carbonyl (C=O) groups excluding carboxylic acids is 1. The van der Waals surface area contributed by atoms with Crippen LogP contribution in [0.4, 0.5) is 0 Å². The van der Waals surface area contributed by atoms with Crippen molar-refractivity contribution in [2.24, 2.45) is 11.8 Å². The molecule has 0 spiro atoms. The molecule has 6 heteroatoms. The number of nitrogens with zero attached hydrogens (tertiary/aromatic N) is 2. The summed E-state index contributed by atoms with van der Waals surface area (Å²) in [7, 11) is 0. The van der Waals surface area contributed by atoms with Gasteiger partial charge in [0.25, 0.3) is 5.91 Å². The Bertz CT molecular complexity index is 1260. The number of amides is 1. The largest absolute Gasteiger partial charge is 0.338 e. The van der Waals surface area contributed by atoms with Crippen molar-refractivity contribution in [3.05, 3.63) is 77.9 Å². The van der Waals surface area contributed by atoms with E-state index in [1.54, 1.807) is 23.7 Å². The summed E-state index contributed by atoms with van der Waals surface area (Å²) in [5, 5.41) is 8.85. The molecular weight excluding hydrogens is 436 g/mol. The number of fused-ring (bicyclic) bond motifs is 1. The summed E-state index contributed by atoms with van der Waals surface area (Å²) >= 11 is 0. The third-order valence-electron chi connectivity index (χ3n) is 5.94. The third-order valence-corrected chi connectivity index (χ3v) is 5.94. The summed E-state index contributed by atoms with van der Waals surface area (Å²) in [5.41, 5.74) is 8.16. The molecular formula is C29H34N4O2. The Morgan fingerprint density at radius 3 is 2.03 bits per heavy atom. The summed E-state index contributed by atoms with van der Waals surface area (Å²) in [5.74, 6) is 1.49. The van der Waals surface area contributed by atoms with Crippen molar-refractivity contribution >= 4 is 16.9 Å². The molecule has 182 valence electrons. The lowest BCUT2D eigenvalue weighted by Crippen LogP contribution is -2.30. The second kappa shape index (κ2) is 10.8. The molecule has 35 heavy (non-hydrogen) atoms. The zero-order valence-electron chi connectivity index (χ0n) is 20.9. The van der Waals surface area contributed by atoms with E-state index in [9.17, 15) is 4.79 Å². The minimum absolute atomic E-state index is 0.366. The molecule has 0 unspecified atom stereocenters. The first kappa shape index (κ1) is 24.6. The van der Waals surface area contributed by atoms with Gasteiger partial charge in [0, 0.05) is 30.8 Å². The number of hydrogen-bond acceptors (Lipinski definition) is 4. The number of benzene rings is 3. The molecule has 1 heterocycles. The van der Waals surface area contributed by atoms with Gasteiger partial charge < -0.3 is 4.98 Å². The van der Waals surface area contributed by atoms with Gasteiger partial charge in [-0.15, -0.1) is 0 Å². The Morgan fingerprint density at radius 1 is 0.886 bits per heavy atom. The molecule has 0 saturated heterocycles. The van der Waals surface area contributed by atoms with Gasteiger partial charge in [-0.3, -0.25) is 14.9 Å². The maximum absolute atomic E-state index is 11.7. The summed E-state index contributed by atoms with van der Waals surface area (Å²) in [6, 6.07) is 22.2.